The molecule has 2 aromatic carbocycles. The first kappa shape index (κ1) is 25.3. The number of esters is 1. The molecule has 0 radical (unpaired) electrons. The Labute approximate surface area is 195 Å². The van der Waals surface area contributed by atoms with Crippen molar-refractivity contribution in [1.29, 1.82) is 0 Å². The number of nitrogens with zero attached hydrogens (tertiary/aromatic N) is 3. The lowest BCUT2D eigenvalue weighted by atomic mass is 9.97. The first-order valence-corrected chi connectivity index (χ1v) is 11.5. The van der Waals surface area contributed by atoms with Crippen molar-refractivity contribution >= 4 is 38.9 Å². The zero-order valence-electron chi connectivity index (χ0n) is 17.8. The van der Waals surface area contributed by atoms with Gasteiger partial charge in [-0.1, -0.05) is 0 Å². The molecule has 0 saturated carbocycles. The molecule has 0 aliphatic heterocycles. The SMILES string of the molecule is CS(=O)(=O)OCCCCOC(=O)c1cc([N+](=O)[O-])cc2c1-c1c(cc([N+](=O)[O-])cc1[N+](=O)[O-])C2=O. The first-order chi connectivity index (χ1) is 16.3. The molecule has 0 N–H and O–H groups in total. The smallest absolute Gasteiger partial charge is 0.339 e. The van der Waals surface area contributed by atoms with Gasteiger partial charge in [0.25, 0.3) is 27.2 Å². The monoisotopic (exact) mass is 509 g/mol. The third kappa shape index (κ3) is 5.28. The van der Waals surface area contributed by atoms with E-state index in [1.165, 1.54) is 0 Å². The van der Waals surface area contributed by atoms with Gasteiger partial charge < -0.3 is 4.74 Å². The number of ketones is 1. The van der Waals surface area contributed by atoms with Crippen LogP contribution in [0, 0.1) is 30.3 Å². The van der Waals surface area contributed by atoms with Gasteiger partial charge in [-0.3, -0.25) is 39.3 Å². The maximum Gasteiger partial charge on any atom is 0.339 e. The minimum Gasteiger partial charge on any atom is -0.462 e. The summed E-state index contributed by atoms with van der Waals surface area (Å²) >= 11 is 0. The van der Waals surface area contributed by atoms with Crippen molar-refractivity contribution in [2.45, 2.75) is 12.8 Å². The lowest BCUT2D eigenvalue weighted by Crippen LogP contribution is -2.11. The molecule has 0 unspecified atom stereocenters. The molecule has 0 heterocycles. The average Bonchev–Trinajstić information content (AvgIpc) is 3.06. The van der Waals surface area contributed by atoms with Gasteiger partial charge in [0.05, 0.1) is 51.4 Å². The Bertz CT molecular complexity index is 1400. The Morgan fingerprint density at radius 3 is 1.94 bits per heavy atom. The van der Waals surface area contributed by atoms with Crippen LogP contribution in [0.15, 0.2) is 24.3 Å². The third-order valence-electron chi connectivity index (χ3n) is 4.87. The molecule has 0 amide bonds. The summed E-state index contributed by atoms with van der Waals surface area (Å²) in [5, 5.41) is 34.2. The van der Waals surface area contributed by atoms with E-state index in [1.54, 1.807) is 0 Å². The van der Waals surface area contributed by atoms with Gasteiger partial charge in [-0.25, -0.2) is 4.79 Å². The fraction of sp³-hybridized carbons (Fsp3) is 0.263. The van der Waals surface area contributed by atoms with Crippen LogP contribution in [0.25, 0.3) is 11.1 Å². The third-order valence-corrected chi connectivity index (χ3v) is 5.47. The summed E-state index contributed by atoms with van der Waals surface area (Å²) in [5.74, 6) is -2.10. The summed E-state index contributed by atoms with van der Waals surface area (Å²) in [6, 6.07) is 3.04. The second-order valence-corrected chi connectivity index (χ2v) is 8.92. The Balaban J connectivity index is 2.02. The quantitative estimate of drug-likeness (QED) is 0.127. The first-order valence-electron chi connectivity index (χ1n) is 9.67. The van der Waals surface area contributed by atoms with Gasteiger partial charge in [-0.05, 0) is 12.8 Å². The molecule has 0 aromatic heterocycles. The van der Waals surface area contributed by atoms with Crippen LogP contribution in [0.3, 0.4) is 0 Å². The van der Waals surface area contributed by atoms with Gasteiger partial charge in [0.1, 0.15) is 0 Å². The number of carbonyl (C=O) groups excluding carboxylic acids is 2. The second-order valence-electron chi connectivity index (χ2n) is 7.27. The summed E-state index contributed by atoms with van der Waals surface area (Å²) in [4.78, 5) is 57.1. The van der Waals surface area contributed by atoms with Crippen molar-refractivity contribution < 1.29 is 41.7 Å². The number of nitro benzene ring substituents is 3. The van der Waals surface area contributed by atoms with Gasteiger partial charge in [-0.2, -0.15) is 8.42 Å². The zero-order valence-corrected chi connectivity index (χ0v) is 18.6. The number of hydrogen-bond donors (Lipinski definition) is 0. The number of nitro groups is 3. The predicted molar refractivity (Wildman–Crippen MR) is 116 cm³/mol. The fourth-order valence-corrected chi connectivity index (χ4v) is 3.87. The van der Waals surface area contributed by atoms with E-state index in [0.717, 1.165) is 24.5 Å². The van der Waals surface area contributed by atoms with Crippen molar-refractivity contribution in [3.05, 3.63) is 71.3 Å². The van der Waals surface area contributed by atoms with E-state index in [0.29, 0.717) is 6.07 Å². The highest BCUT2D eigenvalue weighted by atomic mass is 32.2. The Kier molecular flexibility index (Phi) is 6.88. The summed E-state index contributed by atoms with van der Waals surface area (Å²) in [6.07, 6.45) is 1.20. The molecule has 16 heteroatoms. The molecule has 0 saturated heterocycles. The molecule has 0 bridgehead atoms. The van der Waals surface area contributed by atoms with Gasteiger partial charge >= 0.3 is 5.97 Å². The summed E-state index contributed by atoms with van der Waals surface area (Å²) in [6.45, 7) is -0.429. The van der Waals surface area contributed by atoms with Crippen LogP contribution in [-0.4, -0.2) is 54.4 Å². The van der Waals surface area contributed by atoms with Crippen LogP contribution in [0.4, 0.5) is 17.1 Å². The van der Waals surface area contributed by atoms with Gasteiger partial charge in [0.2, 0.25) is 0 Å². The van der Waals surface area contributed by atoms with E-state index in [-0.39, 0.29) is 37.2 Å². The van der Waals surface area contributed by atoms with Gasteiger partial charge in [-0.15, -0.1) is 0 Å². The van der Waals surface area contributed by atoms with Gasteiger partial charge in [0, 0.05) is 34.9 Å². The molecule has 0 atom stereocenters. The Morgan fingerprint density at radius 1 is 0.857 bits per heavy atom. The molecule has 3 rings (SSSR count). The lowest BCUT2D eigenvalue weighted by Gasteiger charge is -2.10. The Morgan fingerprint density at radius 2 is 1.40 bits per heavy atom. The van der Waals surface area contributed by atoms with Crippen LogP contribution < -0.4 is 0 Å². The van der Waals surface area contributed by atoms with Crippen LogP contribution in [0.5, 0.6) is 0 Å². The van der Waals surface area contributed by atoms with Gasteiger partial charge in [0.15, 0.2) is 5.78 Å². The van der Waals surface area contributed by atoms with Crippen molar-refractivity contribution in [2.75, 3.05) is 19.5 Å². The van der Waals surface area contributed by atoms with Crippen LogP contribution in [0.2, 0.25) is 0 Å². The minimum absolute atomic E-state index is 0.153. The maximum absolute atomic E-state index is 12.9. The topological polar surface area (TPSA) is 216 Å². The molecule has 15 nitrogen and oxygen atoms in total. The molecule has 2 aromatic rings. The molecule has 1 aliphatic rings. The number of ether oxygens (including phenoxy) is 1. The number of rotatable bonds is 10. The van der Waals surface area contributed by atoms with E-state index < -0.39 is 70.4 Å². The largest absolute Gasteiger partial charge is 0.462 e. The number of benzene rings is 2. The van der Waals surface area contributed by atoms with Crippen molar-refractivity contribution in [3.63, 3.8) is 0 Å². The number of carbonyl (C=O) groups is 2. The van der Waals surface area contributed by atoms with E-state index in [2.05, 4.69) is 4.18 Å². The molecular formula is C19H15N3O12S. The second kappa shape index (κ2) is 9.51. The van der Waals surface area contributed by atoms with E-state index in [4.69, 9.17) is 4.74 Å². The molecule has 35 heavy (non-hydrogen) atoms. The number of unbranched alkanes of at least 4 members (excludes halogenated alkanes) is 1. The van der Waals surface area contributed by atoms with Crippen molar-refractivity contribution in [3.8, 4) is 11.1 Å². The lowest BCUT2D eigenvalue weighted by molar-refractivity contribution is -0.393. The van der Waals surface area contributed by atoms with Crippen molar-refractivity contribution in [2.24, 2.45) is 0 Å². The highest BCUT2D eigenvalue weighted by Crippen LogP contribution is 2.47. The van der Waals surface area contributed by atoms with E-state index in [1.807, 2.05) is 0 Å². The summed E-state index contributed by atoms with van der Waals surface area (Å²) in [5.41, 5.74) is -4.30. The average molecular weight is 509 g/mol. The summed E-state index contributed by atoms with van der Waals surface area (Å²) in [7, 11) is -3.64. The molecular weight excluding hydrogens is 494 g/mol. The summed E-state index contributed by atoms with van der Waals surface area (Å²) < 4.78 is 31.5. The minimum atomic E-state index is -3.64. The Hall–Kier alpha value is -4.31. The molecule has 0 spiro atoms. The normalized spacial score (nSPS) is 12.1. The standard InChI is InChI=1S/C19H15N3O12S/c1-35(31,32)34-5-3-2-4-33-19(24)14-8-10(20(25)26)6-12-16(14)17-13(18(12)23)7-11(21(27)28)9-15(17)22(29)30/h6-9H,2-5H2,1H3. The number of hydrogen-bond acceptors (Lipinski definition) is 12. The molecule has 184 valence electrons. The van der Waals surface area contributed by atoms with Crippen LogP contribution in [0.1, 0.15) is 39.1 Å². The molecule has 0 fully saturated rings. The zero-order chi connectivity index (χ0) is 26.1. The number of fused-ring (bicyclic) bond motifs is 3. The molecule has 1 aliphatic carbocycles. The highest BCUT2D eigenvalue weighted by Gasteiger charge is 2.40. The predicted octanol–water partition coefficient (Wildman–Crippen LogP) is 2.54. The van der Waals surface area contributed by atoms with E-state index in [9.17, 15) is 48.3 Å². The van der Waals surface area contributed by atoms with Crippen LogP contribution >= 0.6 is 0 Å². The van der Waals surface area contributed by atoms with E-state index >= 15 is 0 Å². The van der Waals surface area contributed by atoms with Crippen molar-refractivity contribution in [1.82, 2.24) is 0 Å². The number of non-ortho nitro benzene ring substituents is 2. The fourth-order valence-electron chi connectivity index (χ4n) is 3.45. The highest BCUT2D eigenvalue weighted by molar-refractivity contribution is 7.85. The van der Waals surface area contributed by atoms with Crippen LogP contribution in [-0.2, 0) is 19.0 Å². The maximum atomic E-state index is 12.9.